The molecule has 0 aromatic carbocycles. The van der Waals surface area contributed by atoms with Gasteiger partial charge in [0.15, 0.2) is 5.96 Å². The number of likely N-dealkylation sites (N-methyl/N-ethyl adjacent to an activating group) is 1. The van der Waals surface area contributed by atoms with Crippen molar-refractivity contribution in [2.75, 3.05) is 66.6 Å². The molecular formula is C16H31F3IN5O2. The summed E-state index contributed by atoms with van der Waals surface area (Å²) in [6, 6.07) is 0. The van der Waals surface area contributed by atoms with E-state index in [-0.39, 0.29) is 42.8 Å². The van der Waals surface area contributed by atoms with E-state index in [0.717, 1.165) is 32.8 Å². The number of rotatable bonds is 9. The predicted molar refractivity (Wildman–Crippen MR) is 110 cm³/mol. The third kappa shape index (κ3) is 13.9. The number of unbranched alkanes of at least 4 members (excludes halogenated alkanes) is 1. The SMILES string of the molecule is CN(C)C(=O)CN=C(NCCCCC(F)(F)F)NCCN1CCOCC1.I. The third-order valence-electron chi connectivity index (χ3n) is 3.87. The highest BCUT2D eigenvalue weighted by Crippen LogP contribution is 2.21. The minimum absolute atomic E-state index is 0. The van der Waals surface area contributed by atoms with Crippen LogP contribution in [0.1, 0.15) is 19.3 Å². The number of nitrogens with zero attached hydrogens (tertiary/aromatic N) is 3. The highest BCUT2D eigenvalue weighted by atomic mass is 127. The van der Waals surface area contributed by atoms with Crippen molar-refractivity contribution in [2.24, 2.45) is 4.99 Å². The van der Waals surface area contributed by atoms with Crippen LogP contribution in [0.4, 0.5) is 13.2 Å². The predicted octanol–water partition coefficient (Wildman–Crippen LogP) is 1.29. The molecule has 1 fully saturated rings. The lowest BCUT2D eigenvalue weighted by Crippen LogP contribution is -2.45. The van der Waals surface area contributed by atoms with Crippen molar-refractivity contribution in [1.82, 2.24) is 20.4 Å². The molecule has 0 aromatic rings. The summed E-state index contributed by atoms with van der Waals surface area (Å²) in [6.45, 7) is 4.98. The normalized spacial score (nSPS) is 15.8. The molecule has 1 saturated heterocycles. The van der Waals surface area contributed by atoms with Gasteiger partial charge >= 0.3 is 6.18 Å². The van der Waals surface area contributed by atoms with Crippen LogP contribution < -0.4 is 10.6 Å². The monoisotopic (exact) mass is 509 g/mol. The Bertz CT molecular complexity index is 444. The molecule has 1 amide bonds. The average molecular weight is 509 g/mol. The van der Waals surface area contributed by atoms with Gasteiger partial charge < -0.3 is 20.3 Å². The molecule has 0 saturated carbocycles. The number of guanidine groups is 1. The quantitative estimate of drug-likeness (QED) is 0.212. The fourth-order valence-electron chi connectivity index (χ4n) is 2.28. The first-order chi connectivity index (χ1) is 12.3. The first-order valence-electron chi connectivity index (χ1n) is 8.87. The maximum Gasteiger partial charge on any atom is 0.389 e. The maximum atomic E-state index is 12.2. The smallest absolute Gasteiger partial charge is 0.379 e. The number of halogens is 4. The number of nitrogens with one attached hydrogen (secondary N) is 2. The van der Waals surface area contributed by atoms with E-state index in [4.69, 9.17) is 4.74 Å². The molecule has 1 aliphatic rings. The van der Waals surface area contributed by atoms with Crippen LogP contribution in [0.5, 0.6) is 0 Å². The number of aliphatic imine (C=N–C) groups is 1. The lowest BCUT2D eigenvalue weighted by molar-refractivity contribution is -0.135. The van der Waals surface area contributed by atoms with Crippen molar-refractivity contribution in [2.45, 2.75) is 25.4 Å². The Morgan fingerprint density at radius 3 is 2.37 bits per heavy atom. The molecule has 1 heterocycles. The Morgan fingerprint density at radius 1 is 1.15 bits per heavy atom. The molecule has 0 unspecified atom stereocenters. The van der Waals surface area contributed by atoms with Crippen molar-refractivity contribution in [1.29, 1.82) is 0 Å². The average Bonchev–Trinajstić information content (AvgIpc) is 2.58. The Balaban J connectivity index is 0.00000676. The lowest BCUT2D eigenvalue weighted by Gasteiger charge is -2.26. The van der Waals surface area contributed by atoms with E-state index in [1.165, 1.54) is 4.90 Å². The second-order valence-corrected chi connectivity index (χ2v) is 6.33. The van der Waals surface area contributed by atoms with Gasteiger partial charge in [0.25, 0.3) is 0 Å². The minimum Gasteiger partial charge on any atom is -0.379 e. The molecule has 7 nitrogen and oxygen atoms in total. The van der Waals surface area contributed by atoms with Crippen molar-refractivity contribution in [3.8, 4) is 0 Å². The topological polar surface area (TPSA) is 69.2 Å². The van der Waals surface area contributed by atoms with E-state index in [2.05, 4.69) is 20.5 Å². The van der Waals surface area contributed by atoms with Crippen LogP contribution in [0.3, 0.4) is 0 Å². The molecular weight excluding hydrogens is 478 g/mol. The van der Waals surface area contributed by atoms with E-state index in [1.54, 1.807) is 14.1 Å². The zero-order valence-corrected chi connectivity index (χ0v) is 18.3. The highest BCUT2D eigenvalue weighted by molar-refractivity contribution is 14.0. The van der Waals surface area contributed by atoms with Crippen molar-refractivity contribution in [3.63, 3.8) is 0 Å². The number of alkyl halides is 3. The van der Waals surface area contributed by atoms with Crippen LogP contribution in [0.2, 0.25) is 0 Å². The molecule has 0 aliphatic carbocycles. The summed E-state index contributed by atoms with van der Waals surface area (Å²) in [5.41, 5.74) is 0. The second-order valence-electron chi connectivity index (χ2n) is 6.33. The molecule has 0 bridgehead atoms. The molecule has 0 aromatic heterocycles. The van der Waals surface area contributed by atoms with Gasteiger partial charge in [0.1, 0.15) is 6.54 Å². The second kappa shape index (κ2) is 14.2. The number of hydrogen-bond acceptors (Lipinski definition) is 4. The summed E-state index contributed by atoms with van der Waals surface area (Å²) in [7, 11) is 3.29. The number of ether oxygens (including phenoxy) is 1. The molecule has 0 radical (unpaired) electrons. The number of carbonyl (C=O) groups is 1. The Kier molecular flexibility index (Phi) is 13.8. The Morgan fingerprint density at radius 2 is 1.78 bits per heavy atom. The molecule has 1 rings (SSSR count). The standard InChI is InChI=1S/C16H30F3N5O2.HI/c1-23(2)14(25)13-22-15(20-6-4-3-5-16(17,18)19)21-7-8-24-9-11-26-12-10-24;/h3-13H2,1-2H3,(H2,20,21,22);1H. The lowest BCUT2D eigenvalue weighted by atomic mass is 10.2. The van der Waals surface area contributed by atoms with Gasteiger partial charge in [0, 0.05) is 53.2 Å². The summed E-state index contributed by atoms with van der Waals surface area (Å²) in [4.78, 5) is 19.6. The van der Waals surface area contributed by atoms with E-state index in [0.29, 0.717) is 25.5 Å². The fraction of sp³-hybridized carbons (Fsp3) is 0.875. The Labute approximate surface area is 176 Å². The first kappa shape index (κ1) is 26.2. The molecule has 0 atom stereocenters. The van der Waals surface area contributed by atoms with Crippen molar-refractivity contribution >= 4 is 35.8 Å². The van der Waals surface area contributed by atoms with E-state index >= 15 is 0 Å². The van der Waals surface area contributed by atoms with Gasteiger partial charge in [-0.15, -0.1) is 24.0 Å². The van der Waals surface area contributed by atoms with Crippen molar-refractivity contribution < 1.29 is 22.7 Å². The minimum atomic E-state index is -4.12. The summed E-state index contributed by atoms with van der Waals surface area (Å²) in [6.07, 6.45) is -4.46. The van der Waals surface area contributed by atoms with E-state index in [9.17, 15) is 18.0 Å². The Hall–Kier alpha value is -0.820. The largest absolute Gasteiger partial charge is 0.389 e. The molecule has 11 heteroatoms. The van der Waals surface area contributed by atoms with Crippen LogP contribution in [0.25, 0.3) is 0 Å². The van der Waals surface area contributed by atoms with E-state index < -0.39 is 12.6 Å². The first-order valence-corrected chi connectivity index (χ1v) is 8.87. The number of amides is 1. The van der Waals surface area contributed by atoms with Crippen molar-refractivity contribution in [3.05, 3.63) is 0 Å². The number of hydrogen-bond donors (Lipinski definition) is 2. The van der Waals surface area contributed by atoms with Gasteiger partial charge in [-0.1, -0.05) is 0 Å². The number of morpholine rings is 1. The van der Waals surface area contributed by atoms with Gasteiger partial charge in [-0.3, -0.25) is 9.69 Å². The van der Waals surface area contributed by atoms with Crippen LogP contribution in [-0.4, -0.2) is 94.4 Å². The summed E-state index contributed by atoms with van der Waals surface area (Å²) in [5.74, 6) is 0.303. The molecule has 27 heavy (non-hydrogen) atoms. The number of carbonyl (C=O) groups excluding carboxylic acids is 1. The van der Waals surface area contributed by atoms with Gasteiger partial charge in [0.05, 0.1) is 13.2 Å². The van der Waals surface area contributed by atoms with Gasteiger partial charge in [0.2, 0.25) is 5.91 Å². The zero-order chi connectivity index (χ0) is 19.4. The molecule has 2 N–H and O–H groups in total. The summed E-state index contributed by atoms with van der Waals surface area (Å²) in [5, 5.41) is 6.13. The summed E-state index contributed by atoms with van der Waals surface area (Å²) < 4.78 is 41.8. The van der Waals surface area contributed by atoms with Crippen LogP contribution >= 0.6 is 24.0 Å². The van der Waals surface area contributed by atoms with E-state index in [1.807, 2.05) is 0 Å². The molecule has 160 valence electrons. The van der Waals surface area contributed by atoms with Crippen LogP contribution in [0.15, 0.2) is 4.99 Å². The zero-order valence-electron chi connectivity index (χ0n) is 16.0. The maximum absolute atomic E-state index is 12.2. The fourth-order valence-corrected chi connectivity index (χ4v) is 2.28. The van der Waals surface area contributed by atoms with Gasteiger partial charge in [-0.25, -0.2) is 4.99 Å². The third-order valence-corrected chi connectivity index (χ3v) is 3.87. The highest BCUT2D eigenvalue weighted by Gasteiger charge is 2.25. The van der Waals surface area contributed by atoms with Crippen LogP contribution in [-0.2, 0) is 9.53 Å². The summed E-state index contributed by atoms with van der Waals surface area (Å²) >= 11 is 0. The van der Waals surface area contributed by atoms with Gasteiger partial charge in [-0.2, -0.15) is 13.2 Å². The molecule has 1 aliphatic heterocycles. The molecule has 0 spiro atoms. The van der Waals surface area contributed by atoms with Crippen LogP contribution in [0, 0.1) is 0 Å². The van der Waals surface area contributed by atoms with Gasteiger partial charge in [-0.05, 0) is 12.8 Å².